The van der Waals surface area contributed by atoms with E-state index in [2.05, 4.69) is 10.5 Å². The molecule has 7 heteroatoms. The van der Waals surface area contributed by atoms with E-state index in [1.54, 1.807) is 35.0 Å². The van der Waals surface area contributed by atoms with Gasteiger partial charge in [-0.15, -0.1) is 0 Å². The van der Waals surface area contributed by atoms with Gasteiger partial charge in [-0.25, -0.2) is 14.2 Å². The van der Waals surface area contributed by atoms with Crippen molar-refractivity contribution in [2.45, 2.75) is 0 Å². The smallest absolute Gasteiger partial charge is 0.288 e. The molecule has 0 fully saturated rings. The zero-order valence-electron chi connectivity index (χ0n) is 12.8. The highest BCUT2D eigenvalue weighted by molar-refractivity contribution is 6.33. The van der Waals surface area contributed by atoms with Crippen LogP contribution in [0.4, 0.5) is 8.78 Å². The molecule has 0 aliphatic carbocycles. The highest BCUT2D eigenvalue weighted by atomic mass is 35.5. The monoisotopic (exact) mass is 359 g/mol. The Kier molecular flexibility index (Phi) is 4.90. The summed E-state index contributed by atoms with van der Waals surface area (Å²) in [6.45, 7) is 0. The Bertz CT molecular complexity index is 915. The van der Waals surface area contributed by atoms with Crippen LogP contribution in [0.15, 0.2) is 65.9 Å². The summed E-state index contributed by atoms with van der Waals surface area (Å²) in [5.74, 6) is -1.41. The molecule has 3 rings (SSSR count). The first-order chi connectivity index (χ1) is 12.1. The summed E-state index contributed by atoms with van der Waals surface area (Å²) in [5.41, 5.74) is 3.32. The van der Waals surface area contributed by atoms with Gasteiger partial charge in [0.2, 0.25) is 0 Å². The molecule has 0 spiro atoms. The van der Waals surface area contributed by atoms with Gasteiger partial charge in [-0.2, -0.15) is 5.10 Å². The van der Waals surface area contributed by atoms with E-state index in [-0.39, 0.29) is 16.4 Å². The van der Waals surface area contributed by atoms with Crippen LogP contribution in [0.1, 0.15) is 16.1 Å². The summed E-state index contributed by atoms with van der Waals surface area (Å²) in [6.07, 6.45) is 2.81. The molecule has 1 heterocycles. The Morgan fingerprint density at radius 2 is 1.84 bits per heavy atom. The van der Waals surface area contributed by atoms with Crippen LogP contribution in [0.25, 0.3) is 5.69 Å². The summed E-state index contributed by atoms with van der Waals surface area (Å²) < 4.78 is 28.3. The predicted octanol–water partition coefficient (Wildman–Crippen LogP) is 4.17. The molecule has 0 atom stereocenters. The van der Waals surface area contributed by atoms with Crippen molar-refractivity contribution in [3.05, 3.63) is 88.7 Å². The highest BCUT2D eigenvalue weighted by Crippen LogP contribution is 2.17. The Morgan fingerprint density at radius 3 is 2.56 bits per heavy atom. The van der Waals surface area contributed by atoms with Crippen molar-refractivity contribution in [3.8, 4) is 5.69 Å². The first-order valence-corrected chi connectivity index (χ1v) is 7.65. The van der Waals surface area contributed by atoms with Gasteiger partial charge in [0.15, 0.2) is 0 Å². The highest BCUT2D eigenvalue weighted by Gasteiger charge is 2.11. The third kappa shape index (κ3) is 3.75. The summed E-state index contributed by atoms with van der Waals surface area (Å²) >= 11 is 5.88. The van der Waals surface area contributed by atoms with Crippen molar-refractivity contribution < 1.29 is 13.6 Å². The fraction of sp³-hybridized carbons (Fsp3) is 0. The molecule has 0 saturated carbocycles. The third-order valence-electron chi connectivity index (χ3n) is 3.45. The number of amides is 1. The normalized spacial score (nSPS) is 11.0. The minimum atomic E-state index is -0.541. The van der Waals surface area contributed by atoms with Crippen LogP contribution in [0.5, 0.6) is 0 Å². The number of carbonyl (C=O) groups is 1. The molecule has 0 radical (unpaired) electrons. The molecule has 1 amide bonds. The average Bonchev–Trinajstić information content (AvgIpc) is 3.08. The standard InChI is InChI=1S/C18H12ClF2N3O/c19-15-3-1-4-16(21)14(15)11-22-23-18(25)17-5-2-10-24(17)13-8-6-12(20)7-9-13/h1-11H,(H,23,25)/b22-11+. The molecule has 0 aliphatic heterocycles. The van der Waals surface area contributed by atoms with Crippen molar-refractivity contribution in [2.24, 2.45) is 5.10 Å². The Balaban J connectivity index is 1.78. The number of rotatable bonds is 4. The maximum atomic E-state index is 13.6. The second-order valence-corrected chi connectivity index (χ2v) is 5.48. The van der Waals surface area contributed by atoms with Gasteiger partial charge in [-0.1, -0.05) is 17.7 Å². The Labute approximate surface area is 147 Å². The van der Waals surface area contributed by atoms with Crippen molar-refractivity contribution >= 4 is 23.7 Å². The van der Waals surface area contributed by atoms with Gasteiger partial charge >= 0.3 is 0 Å². The van der Waals surface area contributed by atoms with Gasteiger partial charge in [-0.3, -0.25) is 4.79 Å². The minimum absolute atomic E-state index is 0.0818. The van der Waals surface area contributed by atoms with E-state index in [9.17, 15) is 13.6 Å². The largest absolute Gasteiger partial charge is 0.312 e. The van der Waals surface area contributed by atoms with Gasteiger partial charge in [0.25, 0.3) is 5.91 Å². The number of hydrogen-bond donors (Lipinski definition) is 1. The third-order valence-corrected chi connectivity index (χ3v) is 3.78. The number of benzene rings is 2. The van der Waals surface area contributed by atoms with Gasteiger partial charge in [-0.05, 0) is 48.5 Å². The lowest BCUT2D eigenvalue weighted by atomic mass is 10.2. The van der Waals surface area contributed by atoms with Crippen LogP contribution in [-0.4, -0.2) is 16.7 Å². The van der Waals surface area contributed by atoms with E-state index in [1.807, 2.05) is 0 Å². The summed E-state index contributed by atoms with van der Waals surface area (Å²) in [6, 6.07) is 13.2. The zero-order chi connectivity index (χ0) is 17.8. The number of nitrogens with one attached hydrogen (secondary N) is 1. The van der Waals surface area contributed by atoms with Crippen molar-refractivity contribution in [3.63, 3.8) is 0 Å². The number of aromatic nitrogens is 1. The van der Waals surface area contributed by atoms with Crippen LogP contribution in [0, 0.1) is 11.6 Å². The number of nitrogens with zero attached hydrogens (tertiary/aromatic N) is 2. The first kappa shape index (κ1) is 16.9. The van der Waals surface area contributed by atoms with Crippen molar-refractivity contribution in [1.82, 2.24) is 9.99 Å². The van der Waals surface area contributed by atoms with Crippen molar-refractivity contribution in [1.29, 1.82) is 0 Å². The SMILES string of the molecule is O=C(N/N=C/c1c(F)cccc1Cl)c1cccn1-c1ccc(F)cc1. The second-order valence-electron chi connectivity index (χ2n) is 5.07. The van der Waals surface area contributed by atoms with Crippen LogP contribution >= 0.6 is 11.6 Å². The van der Waals surface area contributed by atoms with Gasteiger partial charge in [0, 0.05) is 17.4 Å². The summed E-state index contributed by atoms with van der Waals surface area (Å²) in [5, 5.41) is 3.93. The van der Waals surface area contributed by atoms with Gasteiger partial charge in [0.05, 0.1) is 11.2 Å². The average molecular weight is 360 g/mol. The minimum Gasteiger partial charge on any atom is -0.312 e. The first-order valence-electron chi connectivity index (χ1n) is 7.27. The summed E-state index contributed by atoms with van der Waals surface area (Å²) in [7, 11) is 0. The topological polar surface area (TPSA) is 46.4 Å². The van der Waals surface area contributed by atoms with E-state index in [4.69, 9.17) is 11.6 Å². The molecule has 1 N–H and O–H groups in total. The molecule has 3 aromatic rings. The van der Waals surface area contributed by atoms with E-state index in [1.165, 1.54) is 30.3 Å². The van der Waals surface area contributed by atoms with E-state index < -0.39 is 11.7 Å². The molecule has 0 saturated heterocycles. The van der Waals surface area contributed by atoms with Crippen LogP contribution in [0.3, 0.4) is 0 Å². The molecular formula is C18H12ClF2N3O. The number of hydrazone groups is 1. The summed E-state index contributed by atoms with van der Waals surface area (Å²) in [4.78, 5) is 12.3. The lowest BCUT2D eigenvalue weighted by Crippen LogP contribution is -2.20. The maximum absolute atomic E-state index is 13.6. The Hall–Kier alpha value is -2.99. The molecule has 0 aliphatic rings. The number of halogens is 3. The van der Waals surface area contributed by atoms with Crippen molar-refractivity contribution in [2.75, 3.05) is 0 Å². The van der Waals surface area contributed by atoms with Crippen LogP contribution in [-0.2, 0) is 0 Å². The zero-order valence-corrected chi connectivity index (χ0v) is 13.5. The molecule has 2 aromatic carbocycles. The lowest BCUT2D eigenvalue weighted by molar-refractivity contribution is 0.0948. The van der Waals surface area contributed by atoms with E-state index in [0.29, 0.717) is 11.4 Å². The number of carbonyl (C=O) groups excluding carboxylic acids is 1. The second kappa shape index (κ2) is 7.27. The lowest BCUT2D eigenvalue weighted by Gasteiger charge is -2.08. The molecular weight excluding hydrogens is 348 g/mol. The Morgan fingerprint density at radius 1 is 1.08 bits per heavy atom. The molecule has 25 heavy (non-hydrogen) atoms. The maximum Gasteiger partial charge on any atom is 0.288 e. The molecule has 1 aromatic heterocycles. The molecule has 0 bridgehead atoms. The number of hydrogen-bond acceptors (Lipinski definition) is 2. The quantitative estimate of drug-likeness (QED) is 0.551. The van der Waals surface area contributed by atoms with Gasteiger partial charge < -0.3 is 4.57 Å². The molecule has 0 unspecified atom stereocenters. The van der Waals surface area contributed by atoms with Gasteiger partial charge in [0.1, 0.15) is 17.3 Å². The predicted molar refractivity (Wildman–Crippen MR) is 92.2 cm³/mol. The fourth-order valence-corrected chi connectivity index (χ4v) is 2.45. The van der Waals surface area contributed by atoms with E-state index in [0.717, 1.165) is 6.21 Å². The van der Waals surface area contributed by atoms with Crippen LogP contribution < -0.4 is 5.43 Å². The van der Waals surface area contributed by atoms with E-state index >= 15 is 0 Å². The van der Waals surface area contributed by atoms with Crippen LogP contribution in [0.2, 0.25) is 5.02 Å². The fourth-order valence-electron chi connectivity index (χ4n) is 2.24. The molecule has 126 valence electrons. The molecule has 4 nitrogen and oxygen atoms in total.